The number of nitro groups is 1. The van der Waals surface area contributed by atoms with Crippen molar-refractivity contribution < 1.29 is 14.1 Å². The summed E-state index contributed by atoms with van der Waals surface area (Å²) in [4.78, 5) is 9.83. The third-order valence-electron chi connectivity index (χ3n) is 1.55. The van der Waals surface area contributed by atoms with Gasteiger partial charge in [-0.15, -0.1) is 0 Å². The van der Waals surface area contributed by atoms with Crippen molar-refractivity contribution in [2.75, 3.05) is 0 Å². The van der Waals surface area contributed by atoms with Crippen LogP contribution in [0.25, 0.3) is 0 Å². The Bertz CT molecular complexity index is 385. The highest BCUT2D eigenvalue weighted by Crippen LogP contribution is 2.31. The molecule has 0 unspecified atom stereocenters. The molecule has 82 valence electrons. The van der Waals surface area contributed by atoms with Crippen LogP contribution in [0.2, 0.25) is 0 Å². The van der Waals surface area contributed by atoms with Crippen LogP contribution in [0.4, 0.5) is 10.1 Å². The third-order valence-corrected chi connectivity index (χ3v) is 1.55. The van der Waals surface area contributed by atoms with Crippen molar-refractivity contribution in [3.05, 3.63) is 34.1 Å². The van der Waals surface area contributed by atoms with Crippen LogP contribution in [0.1, 0.15) is 20.8 Å². The van der Waals surface area contributed by atoms with Gasteiger partial charge in [0.15, 0.2) is 0 Å². The summed E-state index contributed by atoms with van der Waals surface area (Å²) in [5, 5.41) is 10.6. The molecule has 0 aromatic heterocycles. The second kappa shape index (κ2) is 3.84. The van der Waals surface area contributed by atoms with E-state index in [0.29, 0.717) is 0 Å². The molecule has 0 aliphatic carbocycles. The molecule has 0 aliphatic heterocycles. The second-order valence-corrected chi connectivity index (χ2v) is 4.06. The first kappa shape index (κ1) is 11.4. The summed E-state index contributed by atoms with van der Waals surface area (Å²) < 4.78 is 18.4. The minimum Gasteiger partial charge on any atom is -0.481 e. The van der Waals surface area contributed by atoms with Gasteiger partial charge in [-0.2, -0.15) is 4.39 Å². The normalized spacial score (nSPS) is 11.2. The monoisotopic (exact) mass is 213 g/mol. The first-order valence-corrected chi connectivity index (χ1v) is 4.43. The van der Waals surface area contributed by atoms with Gasteiger partial charge in [-0.3, -0.25) is 10.1 Å². The molecule has 0 N–H and O–H groups in total. The lowest BCUT2D eigenvalue weighted by atomic mass is 10.2. The molecule has 0 amide bonds. The molecule has 0 heterocycles. The number of nitro benzene ring substituents is 1. The summed E-state index contributed by atoms with van der Waals surface area (Å²) >= 11 is 0. The van der Waals surface area contributed by atoms with Crippen molar-refractivity contribution in [1.82, 2.24) is 0 Å². The Kier molecular flexibility index (Phi) is 2.93. The molecule has 0 atom stereocenters. The van der Waals surface area contributed by atoms with Crippen molar-refractivity contribution in [1.29, 1.82) is 0 Å². The van der Waals surface area contributed by atoms with Crippen molar-refractivity contribution in [2.24, 2.45) is 0 Å². The number of para-hydroxylation sites is 1. The van der Waals surface area contributed by atoms with Gasteiger partial charge in [0, 0.05) is 0 Å². The molecule has 15 heavy (non-hydrogen) atoms. The first-order valence-electron chi connectivity index (χ1n) is 4.43. The van der Waals surface area contributed by atoms with Gasteiger partial charge in [-0.05, 0) is 32.9 Å². The van der Waals surface area contributed by atoms with Gasteiger partial charge < -0.3 is 4.74 Å². The second-order valence-electron chi connectivity index (χ2n) is 4.06. The van der Waals surface area contributed by atoms with Crippen LogP contribution < -0.4 is 4.74 Å². The number of hydrogen-bond donors (Lipinski definition) is 0. The number of rotatable bonds is 2. The van der Waals surface area contributed by atoms with Gasteiger partial charge in [-0.1, -0.05) is 6.07 Å². The van der Waals surface area contributed by atoms with Crippen LogP contribution in [0.3, 0.4) is 0 Å². The van der Waals surface area contributed by atoms with Crippen molar-refractivity contribution in [2.45, 2.75) is 26.4 Å². The molecule has 0 radical (unpaired) electrons. The van der Waals surface area contributed by atoms with E-state index in [2.05, 4.69) is 0 Å². The lowest BCUT2D eigenvalue weighted by Gasteiger charge is -2.20. The molecular formula is C10H12FNO3. The van der Waals surface area contributed by atoms with E-state index in [9.17, 15) is 14.5 Å². The fourth-order valence-corrected chi connectivity index (χ4v) is 1.08. The van der Waals surface area contributed by atoms with Crippen LogP contribution in [0, 0.1) is 15.9 Å². The van der Waals surface area contributed by atoms with E-state index in [-0.39, 0.29) is 5.75 Å². The molecule has 0 saturated carbocycles. The topological polar surface area (TPSA) is 52.4 Å². The largest absolute Gasteiger partial charge is 0.481 e. The van der Waals surface area contributed by atoms with Crippen LogP contribution in [0.15, 0.2) is 18.2 Å². The average molecular weight is 213 g/mol. The number of halogens is 1. The lowest BCUT2D eigenvalue weighted by Crippen LogP contribution is -2.23. The Balaban J connectivity index is 3.18. The standard InChI is InChI=1S/C10H12FNO3/c1-10(2,3)15-8-6-4-5-7(11)9(8)12(13)14/h4-6H,1-3H3. The summed E-state index contributed by atoms with van der Waals surface area (Å²) in [6.45, 7) is 5.21. The predicted octanol–water partition coefficient (Wildman–Crippen LogP) is 2.91. The Morgan fingerprint density at radius 3 is 2.47 bits per heavy atom. The number of hydrogen-bond acceptors (Lipinski definition) is 3. The molecular weight excluding hydrogens is 201 g/mol. The minimum absolute atomic E-state index is 0.0486. The summed E-state index contributed by atoms with van der Waals surface area (Å²) in [5.74, 6) is -0.936. The van der Waals surface area contributed by atoms with Crippen LogP contribution >= 0.6 is 0 Å². The molecule has 0 saturated heterocycles. The van der Waals surface area contributed by atoms with Crippen molar-refractivity contribution >= 4 is 5.69 Å². The zero-order valence-electron chi connectivity index (χ0n) is 8.78. The highest BCUT2D eigenvalue weighted by atomic mass is 19.1. The summed E-state index contributed by atoms with van der Waals surface area (Å²) in [6, 6.07) is 3.80. The average Bonchev–Trinajstić information content (AvgIpc) is 1.99. The van der Waals surface area contributed by atoms with Gasteiger partial charge in [0.25, 0.3) is 0 Å². The smallest absolute Gasteiger partial charge is 0.346 e. The van der Waals surface area contributed by atoms with E-state index in [1.165, 1.54) is 12.1 Å². The van der Waals surface area contributed by atoms with E-state index in [4.69, 9.17) is 4.74 Å². The van der Waals surface area contributed by atoms with E-state index >= 15 is 0 Å². The summed E-state index contributed by atoms with van der Waals surface area (Å²) in [6.07, 6.45) is 0. The van der Waals surface area contributed by atoms with E-state index in [0.717, 1.165) is 6.07 Å². The maximum Gasteiger partial charge on any atom is 0.346 e. The van der Waals surface area contributed by atoms with Crippen molar-refractivity contribution in [3.63, 3.8) is 0 Å². The molecule has 0 aliphatic rings. The van der Waals surface area contributed by atoms with Gasteiger partial charge in [-0.25, -0.2) is 0 Å². The molecule has 0 bridgehead atoms. The van der Waals surface area contributed by atoms with E-state index in [1.54, 1.807) is 20.8 Å². The fraction of sp³-hybridized carbons (Fsp3) is 0.400. The Morgan fingerprint density at radius 1 is 1.40 bits per heavy atom. The fourth-order valence-electron chi connectivity index (χ4n) is 1.08. The number of benzene rings is 1. The Labute approximate surface area is 86.8 Å². The Hall–Kier alpha value is -1.65. The maximum atomic E-state index is 13.2. The quantitative estimate of drug-likeness (QED) is 0.560. The molecule has 1 rings (SSSR count). The summed E-state index contributed by atoms with van der Waals surface area (Å²) in [5.41, 5.74) is -1.22. The highest BCUT2D eigenvalue weighted by Gasteiger charge is 2.24. The molecule has 1 aromatic rings. The zero-order valence-corrected chi connectivity index (χ0v) is 8.78. The van der Waals surface area contributed by atoms with Gasteiger partial charge in [0.1, 0.15) is 5.60 Å². The third kappa shape index (κ3) is 2.90. The SMILES string of the molecule is CC(C)(C)Oc1cccc(F)c1[N+](=O)[O-]. The first-order chi connectivity index (χ1) is 6.81. The van der Waals surface area contributed by atoms with Gasteiger partial charge in [0.05, 0.1) is 4.92 Å². The molecule has 4 nitrogen and oxygen atoms in total. The zero-order chi connectivity index (χ0) is 11.6. The molecule has 5 heteroatoms. The lowest BCUT2D eigenvalue weighted by molar-refractivity contribution is -0.388. The number of ether oxygens (including phenoxy) is 1. The van der Waals surface area contributed by atoms with E-state index in [1.807, 2.05) is 0 Å². The predicted molar refractivity (Wildman–Crippen MR) is 53.4 cm³/mol. The van der Waals surface area contributed by atoms with Crippen LogP contribution in [0.5, 0.6) is 5.75 Å². The van der Waals surface area contributed by atoms with Crippen LogP contribution in [-0.2, 0) is 0 Å². The van der Waals surface area contributed by atoms with E-state index < -0.39 is 22.0 Å². The minimum atomic E-state index is -0.887. The molecule has 0 fully saturated rings. The van der Waals surface area contributed by atoms with Crippen LogP contribution in [-0.4, -0.2) is 10.5 Å². The Morgan fingerprint density at radius 2 is 2.00 bits per heavy atom. The molecule has 0 spiro atoms. The maximum absolute atomic E-state index is 13.2. The summed E-state index contributed by atoms with van der Waals surface area (Å²) in [7, 11) is 0. The highest BCUT2D eigenvalue weighted by molar-refractivity contribution is 5.47. The number of nitrogens with zero attached hydrogens (tertiary/aromatic N) is 1. The molecule has 1 aromatic carbocycles. The van der Waals surface area contributed by atoms with Gasteiger partial charge >= 0.3 is 5.69 Å². The van der Waals surface area contributed by atoms with Gasteiger partial charge in [0.2, 0.25) is 11.6 Å². The van der Waals surface area contributed by atoms with Crippen molar-refractivity contribution in [3.8, 4) is 5.75 Å².